The number of amides is 2. The zero-order valence-electron chi connectivity index (χ0n) is 17.2. The number of benzene rings is 1. The molecular formula is C22H22BrN5O3S. The molecule has 1 aromatic carbocycles. The topological polar surface area (TPSA) is 89.2 Å². The summed E-state index contributed by atoms with van der Waals surface area (Å²) in [7, 11) is 0. The molecule has 1 unspecified atom stereocenters. The molecule has 5 rings (SSSR count). The quantitative estimate of drug-likeness (QED) is 0.523. The van der Waals surface area contributed by atoms with Crippen LogP contribution in [-0.4, -0.2) is 39.3 Å². The molecule has 2 aliphatic rings. The Kier molecular flexibility index (Phi) is 5.73. The highest BCUT2D eigenvalue weighted by Gasteiger charge is 2.35. The molecule has 0 bridgehead atoms. The second kappa shape index (κ2) is 8.67. The number of hydrogen-bond donors (Lipinski definition) is 1. The number of nitrogens with one attached hydrogen (secondary N) is 1. The van der Waals surface area contributed by atoms with Gasteiger partial charge in [0.25, 0.3) is 0 Å². The lowest BCUT2D eigenvalue weighted by atomic mass is 10.1. The van der Waals surface area contributed by atoms with Crippen molar-refractivity contribution in [3.63, 3.8) is 0 Å². The van der Waals surface area contributed by atoms with E-state index in [2.05, 4.69) is 26.3 Å². The van der Waals surface area contributed by atoms with Gasteiger partial charge in [-0.1, -0.05) is 28.1 Å². The van der Waals surface area contributed by atoms with Crippen molar-refractivity contribution in [1.29, 1.82) is 0 Å². The number of halogens is 1. The van der Waals surface area contributed by atoms with Crippen molar-refractivity contribution < 1.29 is 9.59 Å². The van der Waals surface area contributed by atoms with E-state index in [1.165, 1.54) is 4.68 Å². The standard InChI is InChI=1S/C22H22BrN5O3S/c23-15-3-1-4-17(12-15)26-13-14(11-19(26)29)21(30)24-8-9-27-22(31)28(16-6-7-16)20(25-27)18-5-2-10-32-18/h1-5,10,12,14,16H,6-9,11,13H2,(H,24,30). The molecule has 8 nitrogen and oxygen atoms in total. The Bertz CT molecular complexity index is 1210. The molecule has 32 heavy (non-hydrogen) atoms. The highest BCUT2D eigenvalue weighted by atomic mass is 79.9. The van der Waals surface area contributed by atoms with E-state index in [1.54, 1.807) is 20.8 Å². The van der Waals surface area contributed by atoms with Crippen LogP contribution in [0.1, 0.15) is 25.3 Å². The summed E-state index contributed by atoms with van der Waals surface area (Å²) in [5.41, 5.74) is 0.639. The van der Waals surface area contributed by atoms with Crippen LogP contribution in [0, 0.1) is 5.92 Å². The third-order valence-corrected chi connectivity index (χ3v) is 7.12. The van der Waals surface area contributed by atoms with Gasteiger partial charge in [0.1, 0.15) is 0 Å². The number of hydrogen-bond acceptors (Lipinski definition) is 5. The number of carbonyl (C=O) groups excluding carboxylic acids is 2. The molecule has 3 aromatic rings. The zero-order chi connectivity index (χ0) is 22.2. The fourth-order valence-corrected chi connectivity index (χ4v) is 5.10. The fraction of sp³-hybridized carbons (Fsp3) is 0.364. The Hall–Kier alpha value is -2.72. The van der Waals surface area contributed by atoms with Gasteiger partial charge in [-0.05, 0) is 42.5 Å². The van der Waals surface area contributed by atoms with Crippen molar-refractivity contribution in [1.82, 2.24) is 19.7 Å². The summed E-state index contributed by atoms with van der Waals surface area (Å²) in [6.45, 7) is 0.921. The van der Waals surface area contributed by atoms with E-state index in [0.29, 0.717) is 18.9 Å². The predicted molar refractivity (Wildman–Crippen MR) is 126 cm³/mol. The van der Waals surface area contributed by atoms with Crippen LogP contribution in [0.25, 0.3) is 10.7 Å². The summed E-state index contributed by atoms with van der Waals surface area (Å²) in [5, 5.41) is 9.39. The maximum Gasteiger partial charge on any atom is 0.346 e. The lowest BCUT2D eigenvalue weighted by Gasteiger charge is -2.17. The highest BCUT2D eigenvalue weighted by Crippen LogP contribution is 2.37. The molecule has 1 aliphatic carbocycles. The number of nitrogens with zero attached hydrogens (tertiary/aromatic N) is 4. The van der Waals surface area contributed by atoms with Crippen LogP contribution in [0.2, 0.25) is 0 Å². The molecular weight excluding hydrogens is 494 g/mol. The third-order valence-electron chi connectivity index (χ3n) is 5.76. The average Bonchev–Trinajstić information content (AvgIpc) is 3.18. The van der Waals surface area contributed by atoms with Gasteiger partial charge in [-0.3, -0.25) is 14.2 Å². The number of thiophene rings is 1. The minimum atomic E-state index is -0.413. The Balaban J connectivity index is 1.22. The van der Waals surface area contributed by atoms with E-state index in [-0.39, 0.29) is 36.5 Å². The van der Waals surface area contributed by atoms with Crippen LogP contribution in [0.4, 0.5) is 5.69 Å². The van der Waals surface area contributed by atoms with Crippen molar-refractivity contribution in [2.45, 2.75) is 31.8 Å². The molecule has 0 spiro atoms. The summed E-state index contributed by atoms with van der Waals surface area (Å²) >= 11 is 4.97. The van der Waals surface area contributed by atoms with Gasteiger partial charge in [-0.25, -0.2) is 9.48 Å². The molecule has 2 amide bonds. The molecule has 1 N–H and O–H groups in total. The Labute approximate surface area is 197 Å². The zero-order valence-corrected chi connectivity index (χ0v) is 19.6. The third kappa shape index (κ3) is 4.16. The van der Waals surface area contributed by atoms with Crippen LogP contribution in [-0.2, 0) is 16.1 Å². The van der Waals surface area contributed by atoms with E-state index in [0.717, 1.165) is 27.9 Å². The van der Waals surface area contributed by atoms with Gasteiger partial charge in [-0.15, -0.1) is 16.4 Å². The molecule has 1 atom stereocenters. The first-order valence-electron chi connectivity index (χ1n) is 10.6. The van der Waals surface area contributed by atoms with Gasteiger partial charge < -0.3 is 10.2 Å². The van der Waals surface area contributed by atoms with Crippen molar-refractivity contribution in [2.24, 2.45) is 5.92 Å². The summed E-state index contributed by atoms with van der Waals surface area (Å²) < 4.78 is 4.09. The summed E-state index contributed by atoms with van der Waals surface area (Å²) in [6.07, 6.45) is 2.16. The largest absolute Gasteiger partial charge is 0.354 e. The predicted octanol–water partition coefficient (Wildman–Crippen LogP) is 3.04. The first kappa shape index (κ1) is 21.1. The molecule has 1 aliphatic heterocycles. The van der Waals surface area contributed by atoms with Crippen LogP contribution >= 0.6 is 27.3 Å². The van der Waals surface area contributed by atoms with E-state index in [9.17, 15) is 14.4 Å². The summed E-state index contributed by atoms with van der Waals surface area (Å²) in [6, 6.07) is 11.6. The van der Waals surface area contributed by atoms with Crippen molar-refractivity contribution in [2.75, 3.05) is 18.0 Å². The van der Waals surface area contributed by atoms with E-state index in [4.69, 9.17) is 0 Å². The Morgan fingerprint density at radius 2 is 2.06 bits per heavy atom. The SMILES string of the molecule is O=C(NCCn1nc(-c2cccs2)n(C2CC2)c1=O)C1CC(=O)N(c2cccc(Br)c2)C1. The Morgan fingerprint density at radius 1 is 1.22 bits per heavy atom. The summed E-state index contributed by atoms with van der Waals surface area (Å²) in [5.74, 6) is 0.0426. The van der Waals surface area contributed by atoms with E-state index >= 15 is 0 Å². The fourth-order valence-electron chi connectivity index (χ4n) is 4.01. The number of aromatic nitrogens is 3. The normalized spacial score (nSPS) is 18.3. The molecule has 1 saturated heterocycles. The van der Waals surface area contributed by atoms with Crippen LogP contribution in [0.5, 0.6) is 0 Å². The molecule has 2 fully saturated rings. The molecule has 1 saturated carbocycles. The second-order valence-corrected chi connectivity index (χ2v) is 9.95. The van der Waals surface area contributed by atoms with Gasteiger partial charge in [0.2, 0.25) is 11.8 Å². The van der Waals surface area contributed by atoms with Crippen molar-refractivity contribution in [3.05, 3.63) is 56.7 Å². The Morgan fingerprint density at radius 3 is 2.78 bits per heavy atom. The monoisotopic (exact) mass is 515 g/mol. The number of carbonyl (C=O) groups is 2. The lowest BCUT2D eigenvalue weighted by molar-refractivity contribution is -0.126. The van der Waals surface area contributed by atoms with Crippen molar-refractivity contribution >= 4 is 44.8 Å². The molecule has 0 radical (unpaired) electrons. The van der Waals surface area contributed by atoms with E-state index in [1.807, 2.05) is 41.8 Å². The second-order valence-electron chi connectivity index (χ2n) is 8.08. The minimum Gasteiger partial charge on any atom is -0.354 e. The van der Waals surface area contributed by atoms with Gasteiger partial charge >= 0.3 is 5.69 Å². The lowest BCUT2D eigenvalue weighted by Crippen LogP contribution is -2.36. The average molecular weight is 516 g/mol. The van der Waals surface area contributed by atoms with Crippen molar-refractivity contribution in [3.8, 4) is 10.7 Å². The molecule has 2 aromatic heterocycles. The van der Waals surface area contributed by atoms with Gasteiger partial charge in [0, 0.05) is 35.7 Å². The molecule has 3 heterocycles. The van der Waals surface area contributed by atoms with Crippen LogP contribution in [0.15, 0.2) is 51.0 Å². The molecule has 166 valence electrons. The van der Waals surface area contributed by atoms with Gasteiger partial charge in [-0.2, -0.15) is 0 Å². The maximum absolute atomic E-state index is 12.9. The number of rotatable bonds is 7. The summed E-state index contributed by atoms with van der Waals surface area (Å²) in [4.78, 5) is 40.6. The first-order chi connectivity index (χ1) is 15.5. The highest BCUT2D eigenvalue weighted by molar-refractivity contribution is 9.10. The van der Waals surface area contributed by atoms with Crippen LogP contribution in [0.3, 0.4) is 0 Å². The number of anilines is 1. The van der Waals surface area contributed by atoms with Gasteiger partial charge in [0.05, 0.1) is 17.3 Å². The maximum atomic E-state index is 12.9. The minimum absolute atomic E-state index is 0.0664. The van der Waals surface area contributed by atoms with E-state index < -0.39 is 5.92 Å². The molecule has 10 heteroatoms. The smallest absolute Gasteiger partial charge is 0.346 e. The van der Waals surface area contributed by atoms with Crippen LogP contribution < -0.4 is 15.9 Å². The van der Waals surface area contributed by atoms with Gasteiger partial charge in [0.15, 0.2) is 5.82 Å². The first-order valence-corrected chi connectivity index (χ1v) is 12.3.